The van der Waals surface area contributed by atoms with Gasteiger partial charge in [-0.1, -0.05) is 38.0 Å². The number of amides is 1. The van der Waals surface area contributed by atoms with Crippen LogP contribution in [0.5, 0.6) is 0 Å². The zero-order chi connectivity index (χ0) is 17.0. The number of nitrogens with one attached hydrogen (secondary N) is 1. The van der Waals surface area contributed by atoms with E-state index in [0.717, 1.165) is 31.4 Å². The molecule has 0 radical (unpaired) electrons. The van der Waals surface area contributed by atoms with Crippen LogP contribution in [0.15, 0.2) is 24.3 Å². The average Bonchev–Trinajstić information content (AvgIpc) is 2.49. The zero-order valence-corrected chi connectivity index (χ0v) is 13.1. The van der Waals surface area contributed by atoms with Crippen molar-refractivity contribution in [2.75, 3.05) is 0 Å². The van der Waals surface area contributed by atoms with Crippen molar-refractivity contribution in [1.29, 1.82) is 0 Å². The summed E-state index contributed by atoms with van der Waals surface area (Å²) in [5.74, 6) is -0.680. The first-order chi connectivity index (χ1) is 10.8. The molecule has 23 heavy (non-hydrogen) atoms. The predicted octanol–water partition coefficient (Wildman–Crippen LogP) is 3.30. The molecule has 1 aromatic rings. The normalized spacial score (nSPS) is 23.3. The maximum Gasteiger partial charge on any atom is 0.416 e. The fraction of sp³-hybridized carbons (Fsp3) is 0.588. The van der Waals surface area contributed by atoms with E-state index >= 15 is 0 Å². The highest BCUT2D eigenvalue weighted by Crippen LogP contribution is 2.30. The Morgan fingerprint density at radius 1 is 1.35 bits per heavy atom. The molecule has 0 spiro atoms. The Morgan fingerprint density at radius 2 is 2.04 bits per heavy atom. The molecular weight excluding hydrogens is 307 g/mol. The Morgan fingerprint density at radius 3 is 2.70 bits per heavy atom. The Bertz CT molecular complexity index is 545. The largest absolute Gasteiger partial charge is 0.416 e. The van der Waals surface area contributed by atoms with Gasteiger partial charge in [-0.2, -0.15) is 13.2 Å². The monoisotopic (exact) mass is 329 g/mol. The first kappa shape index (κ1) is 17.8. The second-order valence-electron chi connectivity index (χ2n) is 6.27. The standard InChI is InChI=1S/C17H22F3NO2/c1-11(16(23)21-14-7-2-3-8-15(14)22)9-12-5-4-6-13(10-12)17(18,19)20/h4-6,10-11,14-15,22H,2-3,7-9H2,1H3,(H,21,23). The minimum absolute atomic E-state index is 0.228. The van der Waals surface area contributed by atoms with Crippen molar-refractivity contribution in [3.63, 3.8) is 0 Å². The van der Waals surface area contributed by atoms with E-state index in [4.69, 9.17) is 0 Å². The molecule has 0 bridgehead atoms. The van der Waals surface area contributed by atoms with E-state index in [2.05, 4.69) is 5.32 Å². The number of carbonyl (C=O) groups excluding carboxylic acids is 1. The van der Waals surface area contributed by atoms with Gasteiger partial charge in [-0.3, -0.25) is 4.79 Å². The maximum absolute atomic E-state index is 12.7. The molecule has 1 aromatic carbocycles. The molecule has 0 aliphatic heterocycles. The van der Waals surface area contributed by atoms with Crippen molar-refractivity contribution in [3.05, 3.63) is 35.4 Å². The molecule has 2 N–H and O–H groups in total. The lowest BCUT2D eigenvalue weighted by Crippen LogP contribution is -2.47. The number of halogens is 3. The van der Waals surface area contributed by atoms with Crippen LogP contribution in [-0.2, 0) is 17.4 Å². The van der Waals surface area contributed by atoms with Gasteiger partial charge in [0, 0.05) is 5.92 Å². The third-order valence-corrected chi connectivity index (χ3v) is 4.30. The molecule has 2 rings (SSSR count). The fourth-order valence-electron chi connectivity index (χ4n) is 2.93. The van der Waals surface area contributed by atoms with E-state index < -0.39 is 23.8 Å². The number of carbonyl (C=O) groups is 1. The molecule has 1 aliphatic carbocycles. The number of hydrogen-bond donors (Lipinski definition) is 2. The SMILES string of the molecule is CC(Cc1cccc(C(F)(F)F)c1)C(=O)NC1CCCCC1O. The van der Waals surface area contributed by atoms with Gasteiger partial charge in [-0.15, -0.1) is 0 Å². The van der Waals surface area contributed by atoms with E-state index in [1.54, 1.807) is 13.0 Å². The maximum atomic E-state index is 12.7. The van der Waals surface area contributed by atoms with Gasteiger partial charge in [0.15, 0.2) is 0 Å². The molecule has 3 atom stereocenters. The summed E-state index contributed by atoms with van der Waals surface area (Å²) >= 11 is 0. The van der Waals surface area contributed by atoms with Crippen LogP contribution in [0, 0.1) is 5.92 Å². The first-order valence-corrected chi connectivity index (χ1v) is 7.92. The Labute approximate surface area is 133 Å². The topological polar surface area (TPSA) is 49.3 Å². The van der Waals surface area contributed by atoms with Crippen LogP contribution >= 0.6 is 0 Å². The quantitative estimate of drug-likeness (QED) is 0.890. The van der Waals surface area contributed by atoms with Crippen LogP contribution in [0.1, 0.15) is 43.7 Å². The summed E-state index contributed by atoms with van der Waals surface area (Å²) in [6.45, 7) is 1.69. The van der Waals surface area contributed by atoms with Crippen LogP contribution in [0.3, 0.4) is 0 Å². The van der Waals surface area contributed by atoms with Gasteiger partial charge in [0.25, 0.3) is 0 Å². The highest BCUT2D eigenvalue weighted by molar-refractivity contribution is 5.79. The van der Waals surface area contributed by atoms with E-state index in [-0.39, 0.29) is 18.4 Å². The molecule has 0 heterocycles. The van der Waals surface area contributed by atoms with E-state index in [0.29, 0.717) is 12.0 Å². The molecule has 0 aromatic heterocycles. The number of aliphatic hydroxyl groups is 1. The molecule has 1 saturated carbocycles. The summed E-state index contributed by atoms with van der Waals surface area (Å²) in [5, 5.41) is 12.7. The smallest absolute Gasteiger partial charge is 0.391 e. The lowest BCUT2D eigenvalue weighted by atomic mass is 9.91. The molecule has 1 fully saturated rings. The van der Waals surface area contributed by atoms with Gasteiger partial charge in [-0.05, 0) is 30.9 Å². The number of alkyl halides is 3. The minimum atomic E-state index is -4.38. The Balaban J connectivity index is 1.95. The van der Waals surface area contributed by atoms with Crippen molar-refractivity contribution < 1.29 is 23.1 Å². The molecule has 6 heteroatoms. The van der Waals surface area contributed by atoms with Crippen LogP contribution < -0.4 is 5.32 Å². The van der Waals surface area contributed by atoms with Gasteiger partial charge >= 0.3 is 6.18 Å². The second-order valence-corrected chi connectivity index (χ2v) is 6.27. The van der Waals surface area contributed by atoms with Crippen molar-refractivity contribution >= 4 is 5.91 Å². The van der Waals surface area contributed by atoms with Gasteiger partial charge in [-0.25, -0.2) is 0 Å². The Kier molecular flexibility index (Phi) is 5.68. The van der Waals surface area contributed by atoms with Gasteiger partial charge in [0.05, 0.1) is 17.7 Å². The molecule has 128 valence electrons. The van der Waals surface area contributed by atoms with Gasteiger partial charge in [0.2, 0.25) is 5.91 Å². The molecule has 1 aliphatic rings. The second kappa shape index (κ2) is 7.34. The summed E-state index contributed by atoms with van der Waals surface area (Å²) in [6, 6.07) is 4.80. The van der Waals surface area contributed by atoms with Crippen LogP contribution in [0.2, 0.25) is 0 Å². The summed E-state index contributed by atoms with van der Waals surface area (Å²) in [6.07, 6.45) is -1.35. The third kappa shape index (κ3) is 4.96. The molecule has 0 saturated heterocycles. The van der Waals surface area contributed by atoms with Gasteiger partial charge < -0.3 is 10.4 Å². The lowest BCUT2D eigenvalue weighted by molar-refractivity contribution is -0.137. The zero-order valence-electron chi connectivity index (χ0n) is 13.1. The van der Waals surface area contributed by atoms with Crippen LogP contribution in [0.4, 0.5) is 13.2 Å². The van der Waals surface area contributed by atoms with Crippen molar-refractivity contribution in [1.82, 2.24) is 5.32 Å². The number of rotatable bonds is 4. The summed E-state index contributed by atoms with van der Waals surface area (Å²) in [4.78, 5) is 12.2. The predicted molar refractivity (Wildman–Crippen MR) is 80.7 cm³/mol. The highest BCUT2D eigenvalue weighted by atomic mass is 19.4. The average molecular weight is 329 g/mol. The van der Waals surface area contributed by atoms with Gasteiger partial charge in [0.1, 0.15) is 0 Å². The van der Waals surface area contributed by atoms with Crippen LogP contribution in [-0.4, -0.2) is 23.2 Å². The fourth-order valence-corrected chi connectivity index (χ4v) is 2.93. The molecule has 3 unspecified atom stereocenters. The number of aliphatic hydroxyl groups excluding tert-OH is 1. The molecule has 1 amide bonds. The van der Waals surface area contributed by atoms with Crippen molar-refractivity contribution in [2.24, 2.45) is 5.92 Å². The number of hydrogen-bond acceptors (Lipinski definition) is 2. The number of benzene rings is 1. The van der Waals surface area contributed by atoms with Crippen molar-refractivity contribution in [3.8, 4) is 0 Å². The molecular formula is C17H22F3NO2. The Hall–Kier alpha value is -1.56. The molecule has 3 nitrogen and oxygen atoms in total. The van der Waals surface area contributed by atoms with Crippen molar-refractivity contribution in [2.45, 2.75) is 57.3 Å². The summed E-state index contributed by atoms with van der Waals surface area (Å²) in [5.41, 5.74) is -0.225. The third-order valence-electron chi connectivity index (χ3n) is 4.30. The van der Waals surface area contributed by atoms with E-state index in [1.165, 1.54) is 6.07 Å². The van der Waals surface area contributed by atoms with E-state index in [9.17, 15) is 23.1 Å². The summed E-state index contributed by atoms with van der Waals surface area (Å²) in [7, 11) is 0. The van der Waals surface area contributed by atoms with E-state index in [1.807, 2.05) is 0 Å². The minimum Gasteiger partial charge on any atom is -0.391 e. The highest BCUT2D eigenvalue weighted by Gasteiger charge is 2.31. The summed E-state index contributed by atoms with van der Waals surface area (Å²) < 4.78 is 38.1. The first-order valence-electron chi connectivity index (χ1n) is 7.92. The lowest BCUT2D eigenvalue weighted by Gasteiger charge is -2.29. The van der Waals surface area contributed by atoms with Crippen LogP contribution in [0.25, 0.3) is 0 Å².